The molecule has 0 radical (unpaired) electrons. The van der Waals surface area contributed by atoms with Crippen molar-refractivity contribution in [2.24, 2.45) is 5.73 Å². The van der Waals surface area contributed by atoms with E-state index >= 15 is 0 Å². The van der Waals surface area contributed by atoms with Gasteiger partial charge in [0.1, 0.15) is 5.76 Å². The van der Waals surface area contributed by atoms with E-state index < -0.39 is 0 Å². The van der Waals surface area contributed by atoms with E-state index in [0.29, 0.717) is 6.42 Å². The number of hydrogen-bond acceptors (Lipinski definition) is 5. The van der Waals surface area contributed by atoms with E-state index in [1.54, 1.807) is 6.08 Å². The van der Waals surface area contributed by atoms with Crippen molar-refractivity contribution in [2.45, 2.75) is 13.0 Å². The van der Waals surface area contributed by atoms with Crippen LogP contribution in [0.2, 0.25) is 0 Å². The van der Waals surface area contributed by atoms with Crippen LogP contribution in [0.25, 0.3) is 0 Å². The Labute approximate surface area is 118 Å². The van der Waals surface area contributed by atoms with Crippen molar-refractivity contribution in [1.82, 2.24) is 9.88 Å². The largest absolute Gasteiger partial charge is 0.511 e. The molecule has 4 nitrogen and oxygen atoms in total. The van der Waals surface area contributed by atoms with E-state index in [1.165, 1.54) is 17.1 Å². The molecular weight excluding hydrogens is 258 g/mol. The van der Waals surface area contributed by atoms with E-state index in [-0.39, 0.29) is 12.3 Å². The molecule has 19 heavy (non-hydrogen) atoms. The number of rotatable bonds is 5. The highest BCUT2D eigenvalue weighted by molar-refractivity contribution is 7.99. The van der Waals surface area contributed by atoms with Gasteiger partial charge in [0.15, 0.2) is 0 Å². The fourth-order valence-electron chi connectivity index (χ4n) is 2.06. The van der Waals surface area contributed by atoms with Gasteiger partial charge in [-0.2, -0.15) is 11.8 Å². The maximum absolute atomic E-state index is 9.35. The lowest BCUT2D eigenvalue weighted by Gasteiger charge is -2.26. The summed E-state index contributed by atoms with van der Waals surface area (Å²) in [5.41, 5.74) is 7.61. The smallest absolute Gasteiger partial charge is 0.102 e. The molecule has 2 rings (SSSR count). The first-order valence-corrected chi connectivity index (χ1v) is 7.75. The molecule has 1 aromatic rings. The summed E-state index contributed by atoms with van der Waals surface area (Å²) in [5, 5.41) is 9.35. The van der Waals surface area contributed by atoms with Crippen molar-refractivity contribution in [3.63, 3.8) is 0 Å². The van der Waals surface area contributed by atoms with Crippen molar-refractivity contribution in [3.05, 3.63) is 41.4 Å². The first-order valence-electron chi connectivity index (χ1n) is 6.60. The van der Waals surface area contributed by atoms with Gasteiger partial charge in [-0.25, -0.2) is 0 Å². The summed E-state index contributed by atoms with van der Waals surface area (Å²) in [4.78, 5) is 6.79. The SMILES string of the molecule is NCC(O)=CCc1cc(CN2CCSCC2)ccn1. The fourth-order valence-corrected chi connectivity index (χ4v) is 3.04. The molecule has 1 saturated heterocycles. The number of pyridine rings is 1. The molecule has 104 valence electrons. The zero-order valence-electron chi connectivity index (χ0n) is 11.1. The van der Waals surface area contributed by atoms with Crippen molar-refractivity contribution in [3.8, 4) is 0 Å². The summed E-state index contributed by atoms with van der Waals surface area (Å²) in [6, 6.07) is 4.18. The number of allylic oxidation sites excluding steroid dienone is 1. The summed E-state index contributed by atoms with van der Waals surface area (Å²) >= 11 is 2.02. The average molecular weight is 279 g/mol. The number of nitrogens with two attached hydrogens (primary N) is 1. The quantitative estimate of drug-likeness (QED) is 0.801. The van der Waals surface area contributed by atoms with Crippen LogP contribution in [0.4, 0.5) is 0 Å². The molecule has 0 atom stereocenters. The summed E-state index contributed by atoms with van der Waals surface area (Å²) in [6.07, 6.45) is 4.20. The molecular formula is C14H21N3OS. The number of nitrogens with zero attached hydrogens (tertiary/aromatic N) is 2. The molecule has 1 fully saturated rings. The third-order valence-electron chi connectivity index (χ3n) is 3.15. The average Bonchev–Trinajstić information content (AvgIpc) is 2.46. The molecule has 0 bridgehead atoms. The van der Waals surface area contributed by atoms with Crippen LogP contribution in [0.15, 0.2) is 30.2 Å². The highest BCUT2D eigenvalue weighted by atomic mass is 32.2. The van der Waals surface area contributed by atoms with Gasteiger partial charge in [-0.05, 0) is 23.8 Å². The predicted molar refractivity (Wildman–Crippen MR) is 80.3 cm³/mol. The highest BCUT2D eigenvalue weighted by Gasteiger charge is 2.10. The second-order valence-electron chi connectivity index (χ2n) is 4.65. The third kappa shape index (κ3) is 4.86. The minimum Gasteiger partial charge on any atom is -0.511 e. The van der Waals surface area contributed by atoms with Gasteiger partial charge in [0, 0.05) is 49.5 Å². The number of aliphatic hydroxyl groups is 1. The van der Waals surface area contributed by atoms with Crippen molar-refractivity contribution in [2.75, 3.05) is 31.1 Å². The van der Waals surface area contributed by atoms with Crippen LogP contribution in [-0.2, 0) is 13.0 Å². The van der Waals surface area contributed by atoms with E-state index in [4.69, 9.17) is 5.73 Å². The zero-order valence-corrected chi connectivity index (χ0v) is 11.9. The van der Waals surface area contributed by atoms with Crippen molar-refractivity contribution in [1.29, 1.82) is 0 Å². The molecule has 5 heteroatoms. The molecule has 0 unspecified atom stereocenters. The van der Waals surface area contributed by atoms with Crippen LogP contribution in [0.3, 0.4) is 0 Å². The fraction of sp³-hybridized carbons (Fsp3) is 0.500. The minimum atomic E-state index is 0.186. The lowest BCUT2D eigenvalue weighted by Crippen LogP contribution is -2.31. The van der Waals surface area contributed by atoms with Gasteiger partial charge in [-0.15, -0.1) is 0 Å². The number of aliphatic hydroxyl groups excluding tert-OH is 1. The molecule has 1 aliphatic rings. The number of aromatic nitrogens is 1. The summed E-state index contributed by atoms with van der Waals surface area (Å²) in [6.45, 7) is 3.50. The van der Waals surface area contributed by atoms with Gasteiger partial charge < -0.3 is 10.8 Å². The second-order valence-corrected chi connectivity index (χ2v) is 5.87. The normalized spacial score (nSPS) is 17.6. The first kappa shape index (κ1) is 14.4. The molecule has 2 heterocycles. The molecule has 0 aliphatic carbocycles. The Hall–Kier alpha value is -1.04. The van der Waals surface area contributed by atoms with Gasteiger partial charge in [0.25, 0.3) is 0 Å². The van der Waals surface area contributed by atoms with E-state index in [2.05, 4.69) is 22.0 Å². The standard InChI is InChI=1S/C14H21N3OS/c15-10-14(18)2-1-13-9-12(3-4-16-13)11-17-5-7-19-8-6-17/h2-4,9,18H,1,5-8,10-11,15H2. The molecule has 0 amide bonds. The van der Waals surface area contributed by atoms with E-state index in [1.807, 2.05) is 18.0 Å². The van der Waals surface area contributed by atoms with Gasteiger partial charge in [-0.1, -0.05) is 0 Å². The Balaban J connectivity index is 1.94. The lowest BCUT2D eigenvalue weighted by molar-refractivity contribution is 0.294. The molecule has 3 N–H and O–H groups in total. The summed E-state index contributed by atoms with van der Waals surface area (Å²) < 4.78 is 0. The van der Waals surface area contributed by atoms with E-state index in [9.17, 15) is 5.11 Å². The molecule has 1 aromatic heterocycles. The minimum absolute atomic E-state index is 0.186. The molecule has 0 saturated carbocycles. The van der Waals surface area contributed by atoms with Crippen LogP contribution in [-0.4, -0.2) is 46.1 Å². The topological polar surface area (TPSA) is 62.4 Å². The van der Waals surface area contributed by atoms with Crippen molar-refractivity contribution < 1.29 is 5.11 Å². The predicted octanol–water partition coefficient (Wildman–Crippen LogP) is 1.57. The number of hydrogen-bond donors (Lipinski definition) is 2. The monoisotopic (exact) mass is 279 g/mol. The summed E-state index contributed by atoms with van der Waals surface area (Å²) in [5.74, 6) is 2.68. The van der Waals surface area contributed by atoms with Crippen molar-refractivity contribution >= 4 is 11.8 Å². The van der Waals surface area contributed by atoms with E-state index in [0.717, 1.165) is 25.3 Å². The number of thioether (sulfide) groups is 1. The van der Waals surface area contributed by atoms with Crippen LogP contribution in [0, 0.1) is 0 Å². The lowest BCUT2D eigenvalue weighted by atomic mass is 10.1. The Kier molecular flexibility index (Phi) is 5.69. The van der Waals surface area contributed by atoms with Gasteiger partial charge >= 0.3 is 0 Å². The first-order chi connectivity index (χ1) is 9.28. The van der Waals surface area contributed by atoms with Gasteiger partial charge in [-0.3, -0.25) is 9.88 Å². The Bertz CT molecular complexity index is 430. The third-order valence-corrected chi connectivity index (χ3v) is 4.09. The maximum Gasteiger partial charge on any atom is 0.102 e. The Morgan fingerprint density at radius 3 is 3.00 bits per heavy atom. The van der Waals surface area contributed by atoms with Crippen LogP contribution >= 0.6 is 11.8 Å². The van der Waals surface area contributed by atoms with Crippen LogP contribution < -0.4 is 5.73 Å². The zero-order chi connectivity index (χ0) is 13.5. The van der Waals surface area contributed by atoms with Crippen LogP contribution in [0.5, 0.6) is 0 Å². The molecule has 0 spiro atoms. The van der Waals surface area contributed by atoms with Crippen LogP contribution in [0.1, 0.15) is 11.3 Å². The highest BCUT2D eigenvalue weighted by Crippen LogP contribution is 2.13. The Morgan fingerprint density at radius 2 is 2.26 bits per heavy atom. The van der Waals surface area contributed by atoms with Gasteiger partial charge in [0.2, 0.25) is 0 Å². The Morgan fingerprint density at radius 1 is 1.47 bits per heavy atom. The summed E-state index contributed by atoms with van der Waals surface area (Å²) in [7, 11) is 0. The molecule has 1 aliphatic heterocycles. The molecule has 0 aromatic carbocycles. The maximum atomic E-state index is 9.35. The van der Waals surface area contributed by atoms with Gasteiger partial charge in [0.05, 0.1) is 6.54 Å². The second kappa shape index (κ2) is 7.53.